The van der Waals surface area contributed by atoms with E-state index in [4.69, 9.17) is 4.74 Å². The van der Waals surface area contributed by atoms with E-state index in [9.17, 15) is 9.59 Å². The lowest BCUT2D eigenvalue weighted by Gasteiger charge is -2.23. The molecule has 0 radical (unpaired) electrons. The summed E-state index contributed by atoms with van der Waals surface area (Å²) in [5.74, 6) is -0.0942. The van der Waals surface area contributed by atoms with Gasteiger partial charge in [0.2, 0.25) is 0 Å². The van der Waals surface area contributed by atoms with Crippen LogP contribution in [0.4, 0.5) is 16.2 Å². The number of hydrogen-bond donors (Lipinski definition) is 0. The highest BCUT2D eigenvalue weighted by molar-refractivity contribution is 6.11. The Hall–Kier alpha value is -3.34. The topological polar surface area (TPSA) is 49.9 Å². The fraction of sp³-hybridized carbons (Fsp3) is 0.182. The van der Waals surface area contributed by atoms with Crippen LogP contribution in [0.25, 0.3) is 10.8 Å². The third-order valence-corrected chi connectivity index (χ3v) is 4.78. The van der Waals surface area contributed by atoms with E-state index in [2.05, 4.69) is 0 Å². The molecule has 3 aromatic carbocycles. The molecule has 4 rings (SSSR count). The van der Waals surface area contributed by atoms with Gasteiger partial charge in [0, 0.05) is 23.2 Å². The van der Waals surface area contributed by atoms with Gasteiger partial charge in [-0.05, 0) is 36.6 Å². The molecule has 1 aliphatic rings. The molecule has 0 spiro atoms. The Labute approximate surface area is 157 Å². The summed E-state index contributed by atoms with van der Waals surface area (Å²) in [7, 11) is 0. The van der Waals surface area contributed by atoms with E-state index in [0.717, 1.165) is 16.5 Å². The maximum absolute atomic E-state index is 13.3. The molecule has 27 heavy (non-hydrogen) atoms. The summed E-state index contributed by atoms with van der Waals surface area (Å²) >= 11 is 0. The van der Waals surface area contributed by atoms with Crippen molar-refractivity contribution >= 4 is 34.1 Å². The number of fused-ring (bicyclic) bond motifs is 1. The Kier molecular flexibility index (Phi) is 4.50. The lowest BCUT2D eigenvalue weighted by Crippen LogP contribution is -2.31. The van der Waals surface area contributed by atoms with Gasteiger partial charge < -0.3 is 9.64 Å². The monoisotopic (exact) mass is 360 g/mol. The fourth-order valence-electron chi connectivity index (χ4n) is 3.46. The number of cyclic esters (lactones) is 1. The van der Waals surface area contributed by atoms with Crippen LogP contribution >= 0.6 is 0 Å². The molecule has 0 N–H and O–H groups in total. The molecule has 0 aliphatic carbocycles. The Bertz CT molecular complexity index is 1010. The number of rotatable bonds is 4. The Balaban J connectivity index is 1.71. The van der Waals surface area contributed by atoms with Gasteiger partial charge in [0.15, 0.2) is 0 Å². The molecule has 3 aromatic rings. The van der Waals surface area contributed by atoms with Crippen molar-refractivity contribution in [2.24, 2.45) is 0 Å². The van der Waals surface area contributed by atoms with Gasteiger partial charge in [0.05, 0.1) is 12.2 Å². The summed E-state index contributed by atoms with van der Waals surface area (Å²) in [4.78, 5) is 28.4. The van der Waals surface area contributed by atoms with Gasteiger partial charge in [-0.2, -0.15) is 0 Å². The molecule has 0 aromatic heterocycles. The van der Waals surface area contributed by atoms with E-state index < -0.39 is 0 Å². The van der Waals surface area contributed by atoms with E-state index in [1.165, 1.54) is 0 Å². The molecular formula is C22H20N2O3. The van der Waals surface area contributed by atoms with Gasteiger partial charge in [-0.3, -0.25) is 9.69 Å². The number of carbonyl (C=O) groups is 2. The van der Waals surface area contributed by atoms with Crippen molar-refractivity contribution in [1.29, 1.82) is 0 Å². The predicted octanol–water partition coefficient (Wildman–Crippen LogP) is 4.46. The number of amides is 2. The van der Waals surface area contributed by atoms with E-state index in [-0.39, 0.29) is 12.0 Å². The van der Waals surface area contributed by atoms with Gasteiger partial charge in [-0.25, -0.2) is 4.79 Å². The van der Waals surface area contributed by atoms with Crippen molar-refractivity contribution in [1.82, 2.24) is 0 Å². The minimum Gasteiger partial charge on any atom is -0.447 e. The Morgan fingerprint density at radius 3 is 2.63 bits per heavy atom. The van der Waals surface area contributed by atoms with Crippen LogP contribution in [-0.4, -0.2) is 31.7 Å². The third-order valence-electron chi connectivity index (χ3n) is 4.78. The van der Waals surface area contributed by atoms with Crippen LogP contribution in [0.1, 0.15) is 17.3 Å². The summed E-state index contributed by atoms with van der Waals surface area (Å²) in [5, 5.41) is 2.13. The molecule has 0 atom stereocenters. The van der Waals surface area contributed by atoms with Crippen LogP contribution in [0, 0.1) is 0 Å². The maximum Gasteiger partial charge on any atom is 0.414 e. The largest absolute Gasteiger partial charge is 0.447 e. The third kappa shape index (κ3) is 3.12. The van der Waals surface area contributed by atoms with Crippen molar-refractivity contribution in [3.8, 4) is 0 Å². The van der Waals surface area contributed by atoms with Crippen LogP contribution in [0.3, 0.4) is 0 Å². The van der Waals surface area contributed by atoms with Crippen molar-refractivity contribution in [2.75, 3.05) is 29.5 Å². The highest BCUT2D eigenvalue weighted by atomic mass is 16.6. The summed E-state index contributed by atoms with van der Waals surface area (Å²) < 4.78 is 5.00. The number of nitrogens with zero attached hydrogens (tertiary/aromatic N) is 2. The van der Waals surface area contributed by atoms with Gasteiger partial charge in [-0.15, -0.1) is 0 Å². The second-order valence-corrected chi connectivity index (χ2v) is 6.36. The van der Waals surface area contributed by atoms with Crippen molar-refractivity contribution < 1.29 is 14.3 Å². The van der Waals surface area contributed by atoms with E-state index >= 15 is 0 Å². The number of anilines is 2. The lowest BCUT2D eigenvalue weighted by molar-refractivity contribution is 0.0988. The van der Waals surface area contributed by atoms with Crippen molar-refractivity contribution in [3.63, 3.8) is 0 Å². The van der Waals surface area contributed by atoms with E-state index in [1.807, 2.05) is 55.5 Å². The lowest BCUT2D eigenvalue weighted by atomic mass is 10.1. The summed E-state index contributed by atoms with van der Waals surface area (Å²) in [6.07, 6.45) is -0.374. The average Bonchev–Trinajstić information content (AvgIpc) is 3.14. The number of hydrogen-bond acceptors (Lipinski definition) is 3. The first-order chi connectivity index (χ1) is 13.2. The van der Waals surface area contributed by atoms with Crippen LogP contribution in [0.5, 0.6) is 0 Å². The predicted molar refractivity (Wildman–Crippen MR) is 106 cm³/mol. The molecule has 0 unspecified atom stereocenters. The van der Waals surface area contributed by atoms with Gasteiger partial charge in [0.1, 0.15) is 6.61 Å². The molecule has 1 fully saturated rings. The summed E-state index contributed by atoms with van der Waals surface area (Å²) in [5.41, 5.74) is 2.10. The van der Waals surface area contributed by atoms with Crippen LogP contribution in [-0.2, 0) is 4.74 Å². The van der Waals surface area contributed by atoms with E-state index in [0.29, 0.717) is 30.9 Å². The number of benzene rings is 3. The summed E-state index contributed by atoms with van der Waals surface area (Å²) in [6.45, 7) is 3.37. The average molecular weight is 360 g/mol. The molecule has 0 saturated carbocycles. The number of carbonyl (C=O) groups excluding carboxylic acids is 2. The molecular weight excluding hydrogens is 340 g/mol. The normalized spacial score (nSPS) is 13.7. The smallest absolute Gasteiger partial charge is 0.414 e. The van der Waals surface area contributed by atoms with Crippen LogP contribution < -0.4 is 9.80 Å². The Morgan fingerprint density at radius 2 is 1.85 bits per heavy atom. The molecule has 5 nitrogen and oxygen atoms in total. The zero-order chi connectivity index (χ0) is 18.8. The van der Waals surface area contributed by atoms with Gasteiger partial charge in [-0.1, -0.05) is 42.5 Å². The van der Waals surface area contributed by atoms with Gasteiger partial charge in [0.25, 0.3) is 5.91 Å². The highest BCUT2D eigenvalue weighted by Gasteiger charge is 2.25. The van der Waals surface area contributed by atoms with Crippen molar-refractivity contribution in [2.45, 2.75) is 6.92 Å². The minimum absolute atomic E-state index is 0.0942. The van der Waals surface area contributed by atoms with Gasteiger partial charge >= 0.3 is 6.09 Å². The zero-order valence-electron chi connectivity index (χ0n) is 15.1. The molecule has 136 valence electrons. The summed E-state index contributed by atoms with van der Waals surface area (Å²) in [6, 6.07) is 21.1. The minimum atomic E-state index is -0.374. The maximum atomic E-state index is 13.3. The Morgan fingerprint density at radius 1 is 1.07 bits per heavy atom. The molecule has 5 heteroatoms. The first kappa shape index (κ1) is 17.1. The second-order valence-electron chi connectivity index (χ2n) is 6.36. The molecule has 1 aliphatic heterocycles. The fourth-order valence-corrected chi connectivity index (χ4v) is 3.46. The standard InChI is InChI=1S/C22H20N2O3/c1-2-23(20-12-6-8-16-7-3-4-11-19(16)20)21(25)17-9-5-10-18(15-17)24-13-14-27-22(24)26/h3-12,15H,2,13-14H2,1H3. The molecule has 0 bridgehead atoms. The molecule has 1 saturated heterocycles. The molecule has 1 heterocycles. The SMILES string of the molecule is CCN(C(=O)c1cccc(N2CCOC2=O)c1)c1cccc2ccccc12. The molecule has 2 amide bonds. The highest BCUT2D eigenvalue weighted by Crippen LogP contribution is 2.28. The first-order valence-electron chi connectivity index (χ1n) is 9.03. The number of ether oxygens (including phenoxy) is 1. The van der Waals surface area contributed by atoms with E-state index in [1.54, 1.807) is 28.0 Å². The first-order valence-corrected chi connectivity index (χ1v) is 9.03. The second kappa shape index (κ2) is 7.11. The van der Waals surface area contributed by atoms with Crippen LogP contribution in [0.2, 0.25) is 0 Å². The quantitative estimate of drug-likeness (QED) is 0.690. The van der Waals surface area contributed by atoms with Crippen LogP contribution in [0.15, 0.2) is 66.7 Å². The zero-order valence-corrected chi connectivity index (χ0v) is 15.1. The van der Waals surface area contributed by atoms with Crippen molar-refractivity contribution in [3.05, 3.63) is 72.3 Å².